The first-order valence-corrected chi connectivity index (χ1v) is 10.9. The van der Waals surface area contributed by atoms with Gasteiger partial charge in [-0.2, -0.15) is 0 Å². The normalized spacial score (nSPS) is 15.3. The van der Waals surface area contributed by atoms with Gasteiger partial charge in [-0.25, -0.2) is 9.78 Å². The molecule has 29 heavy (non-hydrogen) atoms. The van der Waals surface area contributed by atoms with Crippen molar-refractivity contribution in [1.29, 1.82) is 0 Å². The van der Waals surface area contributed by atoms with Crippen molar-refractivity contribution in [1.82, 2.24) is 15.2 Å². The van der Waals surface area contributed by atoms with Gasteiger partial charge >= 0.3 is 6.03 Å². The lowest BCUT2D eigenvalue weighted by molar-refractivity contribution is -0.121. The Morgan fingerprint density at radius 2 is 1.83 bits per heavy atom. The molecule has 1 saturated heterocycles. The Hall–Kier alpha value is -2.45. The predicted molar refractivity (Wildman–Crippen MR) is 117 cm³/mol. The van der Waals surface area contributed by atoms with Crippen LogP contribution in [-0.2, 0) is 11.3 Å². The highest BCUT2D eigenvalue weighted by atomic mass is 32.1. The van der Waals surface area contributed by atoms with Crippen LogP contribution in [0.4, 0.5) is 16.2 Å². The van der Waals surface area contributed by atoms with Crippen LogP contribution in [0.15, 0.2) is 29.6 Å². The lowest BCUT2D eigenvalue weighted by atomic mass is 9.95. The minimum Gasteiger partial charge on any atom is -0.336 e. The summed E-state index contributed by atoms with van der Waals surface area (Å²) in [6, 6.07) is 7.03. The first kappa shape index (κ1) is 21.3. The van der Waals surface area contributed by atoms with Gasteiger partial charge in [0.15, 0.2) is 0 Å². The Labute approximate surface area is 175 Å². The number of aryl methyl sites for hydroxylation is 1. The van der Waals surface area contributed by atoms with Crippen LogP contribution in [0.25, 0.3) is 0 Å². The molecule has 0 atom stereocenters. The number of nitrogens with one attached hydrogen (secondary N) is 3. The van der Waals surface area contributed by atoms with Crippen LogP contribution in [0, 0.1) is 12.8 Å². The van der Waals surface area contributed by atoms with E-state index in [9.17, 15) is 9.59 Å². The predicted octanol–water partition coefficient (Wildman–Crippen LogP) is 3.83. The largest absolute Gasteiger partial charge is 0.336 e. The maximum absolute atomic E-state index is 12.8. The van der Waals surface area contributed by atoms with E-state index in [2.05, 4.69) is 31.2 Å². The molecule has 2 aromatic rings. The van der Waals surface area contributed by atoms with Gasteiger partial charge in [0.2, 0.25) is 5.91 Å². The van der Waals surface area contributed by atoms with Gasteiger partial charge in [0.1, 0.15) is 0 Å². The molecule has 2 heterocycles. The summed E-state index contributed by atoms with van der Waals surface area (Å²) in [7, 11) is 0. The van der Waals surface area contributed by atoms with Gasteiger partial charge in [0.05, 0.1) is 22.1 Å². The molecule has 156 valence electrons. The summed E-state index contributed by atoms with van der Waals surface area (Å²) in [5, 5.41) is 11.8. The molecule has 1 aliphatic heterocycles. The van der Waals surface area contributed by atoms with E-state index >= 15 is 0 Å². The molecule has 3 amide bonds. The summed E-state index contributed by atoms with van der Waals surface area (Å²) < 4.78 is 0. The number of amides is 3. The SMILES string of the molecule is Cc1nc(CN2CCC(C(=O)Nc3ccccc3NC(=O)NC(C)C)CC2)cs1. The second kappa shape index (κ2) is 9.84. The quantitative estimate of drug-likeness (QED) is 0.669. The molecule has 0 unspecified atom stereocenters. The number of para-hydroxylation sites is 2. The van der Waals surface area contributed by atoms with Gasteiger partial charge in [0.25, 0.3) is 0 Å². The van der Waals surface area contributed by atoms with E-state index in [4.69, 9.17) is 0 Å². The van der Waals surface area contributed by atoms with Crippen LogP contribution in [0.5, 0.6) is 0 Å². The summed E-state index contributed by atoms with van der Waals surface area (Å²) in [5.41, 5.74) is 2.32. The number of anilines is 2. The minimum absolute atomic E-state index is 0.00710. The van der Waals surface area contributed by atoms with Crippen molar-refractivity contribution in [2.24, 2.45) is 5.92 Å². The van der Waals surface area contributed by atoms with Crippen LogP contribution in [0.1, 0.15) is 37.4 Å². The van der Waals surface area contributed by atoms with Crippen LogP contribution < -0.4 is 16.0 Å². The third kappa shape index (κ3) is 6.27. The molecule has 0 bridgehead atoms. The van der Waals surface area contributed by atoms with E-state index in [-0.39, 0.29) is 23.9 Å². The second-order valence-electron chi connectivity index (χ2n) is 7.70. The fraction of sp³-hybridized carbons (Fsp3) is 0.476. The smallest absolute Gasteiger partial charge is 0.319 e. The molecule has 8 heteroatoms. The van der Waals surface area contributed by atoms with Crippen LogP contribution in [0.2, 0.25) is 0 Å². The molecule has 0 aliphatic carbocycles. The molecule has 1 aromatic heterocycles. The molecular weight excluding hydrogens is 386 g/mol. The highest BCUT2D eigenvalue weighted by Crippen LogP contribution is 2.25. The maximum Gasteiger partial charge on any atom is 0.319 e. The highest BCUT2D eigenvalue weighted by Gasteiger charge is 2.26. The molecular formula is C21H29N5O2S. The molecule has 1 aliphatic rings. The molecule has 3 rings (SSSR count). The van der Waals surface area contributed by atoms with E-state index in [0.29, 0.717) is 11.4 Å². The summed E-state index contributed by atoms with van der Waals surface area (Å²) >= 11 is 1.67. The van der Waals surface area contributed by atoms with Crippen molar-refractivity contribution < 1.29 is 9.59 Å². The molecule has 1 fully saturated rings. The number of aromatic nitrogens is 1. The third-order valence-electron chi connectivity index (χ3n) is 4.86. The van der Waals surface area contributed by atoms with Crippen molar-refractivity contribution in [2.45, 2.75) is 46.2 Å². The van der Waals surface area contributed by atoms with Crippen LogP contribution in [-0.4, -0.2) is 41.0 Å². The number of likely N-dealkylation sites (tertiary alicyclic amines) is 1. The topological polar surface area (TPSA) is 86.4 Å². The molecule has 0 saturated carbocycles. The zero-order chi connectivity index (χ0) is 20.8. The summed E-state index contributed by atoms with van der Waals surface area (Å²) in [4.78, 5) is 31.7. The number of benzene rings is 1. The standard InChI is InChI=1S/C21H29N5O2S/c1-14(2)22-21(28)25-19-7-5-4-6-18(19)24-20(27)16-8-10-26(11-9-16)12-17-13-29-15(3)23-17/h4-7,13-14,16H,8-12H2,1-3H3,(H,24,27)(H2,22,25,28). The Morgan fingerprint density at radius 1 is 1.17 bits per heavy atom. The van der Waals surface area contributed by atoms with E-state index in [1.165, 1.54) is 0 Å². The van der Waals surface area contributed by atoms with Gasteiger partial charge in [-0.3, -0.25) is 9.69 Å². The Bertz CT molecular complexity index is 843. The number of carbonyl (C=O) groups is 2. The van der Waals surface area contributed by atoms with E-state index in [0.717, 1.165) is 43.2 Å². The van der Waals surface area contributed by atoms with Gasteiger partial charge in [-0.15, -0.1) is 11.3 Å². The number of carbonyl (C=O) groups excluding carboxylic acids is 2. The van der Waals surface area contributed by atoms with Gasteiger partial charge in [-0.05, 0) is 58.8 Å². The van der Waals surface area contributed by atoms with E-state index in [1.54, 1.807) is 17.4 Å². The molecule has 7 nitrogen and oxygen atoms in total. The first-order chi connectivity index (χ1) is 13.9. The van der Waals surface area contributed by atoms with Crippen LogP contribution >= 0.6 is 11.3 Å². The fourth-order valence-corrected chi connectivity index (χ4v) is 4.02. The summed E-state index contributed by atoms with van der Waals surface area (Å²) in [6.45, 7) is 8.42. The first-order valence-electron chi connectivity index (χ1n) is 10.0. The molecule has 0 radical (unpaired) electrons. The lowest BCUT2D eigenvalue weighted by Crippen LogP contribution is -2.38. The number of thiazole rings is 1. The van der Waals surface area contributed by atoms with Crippen LogP contribution in [0.3, 0.4) is 0 Å². The number of rotatable bonds is 6. The number of piperidine rings is 1. The molecule has 0 spiro atoms. The second-order valence-corrected chi connectivity index (χ2v) is 8.76. The fourth-order valence-electron chi connectivity index (χ4n) is 3.42. The number of hydrogen-bond donors (Lipinski definition) is 3. The molecule has 3 N–H and O–H groups in total. The monoisotopic (exact) mass is 415 g/mol. The summed E-state index contributed by atoms with van der Waals surface area (Å²) in [6.07, 6.45) is 1.64. The van der Waals surface area contributed by atoms with Crippen molar-refractivity contribution in [3.8, 4) is 0 Å². The zero-order valence-electron chi connectivity index (χ0n) is 17.2. The van der Waals surface area contributed by atoms with Gasteiger partial charge < -0.3 is 16.0 Å². The summed E-state index contributed by atoms with van der Waals surface area (Å²) in [5.74, 6) is -0.0198. The third-order valence-corrected chi connectivity index (χ3v) is 5.69. The highest BCUT2D eigenvalue weighted by molar-refractivity contribution is 7.09. The van der Waals surface area contributed by atoms with Crippen molar-refractivity contribution in [3.63, 3.8) is 0 Å². The van der Waals surface area contributed by atoms with E-state index < -0.39 is 0 Å². The van der Waals surface area contributed by atoms with Crippen molar-refractivity contribution in [2.75, 3.05) is 23.7 Å². The average molecular weight is 416 g/mol. The zero-order valence-corrected chi connectivity index (χ0v) is 18.0. The maximum atomic E-state index is 12.8. The Balaban J connectivity index is 1.52. The van der Waals surface area contributed by atoms with Crippen molar-refractivity contribution >= 4 is 34.6 Å². The number of hydrogen-bond acceptors (Lipinski definition) is 5. The lowest BCUT2D eigenvalue weighted by Gasteiger charge is -2.30. The number of nitrogens with zero attached hydrogens (tertiary/aromatic N) is 2. The van der Waals surface area contributed by atoms with Gasteiger partial charge in [0, 0.05) is 23.9 Å². The average Bonchev–Trinajstić information content (AvgIpc) is 3.08. The van der Waals surface area contributed by atoms with Crippen molar-refractivity contribution in [3.05, 3.63) is 40.3 Å². The number of urea groups is 1. The Kier molecular flexibility index (Phi) is 7.22. The molecule has 1 aromatic carbocycles. The van der Waals surface area contributed by atoms with Gasteiger partial charge in [-0.1, -0.05) is 12.1 Å². The Morgan fingerprint density at radius 3 is 2.41 bits per heavy atom. The minimum atomic E-state index is -0.285. The van der Waals surface area contributed by atoms with E-state index in [1.807, 2.05) is 39.0 Å².